The van der Waals surface area contributed by atoms with Gasteiger partial charge >= 0.3 is 0 Å². The van der Waals surface area contributed by atoms with Gasteiger partial charge in [0.2, 0.25) is 0 Å². The van der Waals surface area contributed by atoms with Gasteiger partial charge < -0.3 is 0 Å². The molecule has 1 saturated carbocycles. The van der Waals surface area contributed by atoms with E-state index >= 15 is 0 Å². The van der Waals surface area contributed by atoms with Crippen LogP contribution in [0.4, 0.5) is 0 Å². The van der Waals surface area contributed by atoms with Crippen molar-refractivity contribution in [3.63, 3.8) is 0 Å². The van der Waals surface area contributed by atoms with Crippen molar-refractivity contribution in [1.29, 1.82) is 0 Å². The first-order valence-corrected chi connectivity index (χ1v) is 8.91. The summed E-state index contributed by atoms with van der Waals surface area (Å²) in [6.45, 7) is 8.65. The van der Waals surface area contributed by atoms with Crippen LogP contribution < -0.4 is 22.2 Å². The average molecular weight is 354 g/mol. The van der Waals surface area contributed by atoms with Gasteiger partial charge in [-0.3, -0.25) is 28.7 Å². The average Bonchev–Trinajstić information content (AvgIpc) is 2.90. The molecular formula is C20H22N2O4. The topological polar surface area (TPSA) is 89.0 Å². The molecule has 0 atom stereocenters. The molecule has 0 bridgehead atoms. The van der Waals surface area contributed by atoms with Gasteiger partial charge in [-0.1, -0.05) is 27.7 Å². The highest BCUT2D eigenvalue weighted by Crippen LogP contribution is 2.49. The summed E-state index contributed by atoms with van der Waals surface area (Å²) >= 11 is 0. The number of nitrogens with zero attached hydrogens (tertiary/aromatic N) is 1. The minimum absolute atomic E-state index is 0.0271. The fourth-order valence-corrected chi connectivity index (χ4v) is 5.22. The van der Waals surface area contributed by atoms with Crippen LogP contribution in [0.1, 0.15) is 53.0 Å². The van der Waals surface area contributed by atoms with E-state index in [1.54, 1.807) is 0 Å². The lowest BCUT2D eigenvalue weighted by Crippen LogP contribution is -2.40. The van der Waals surface area contributed by atoms with Crippen molar-refractivity contribution in [2.24, 2.45) is 10.8 Å². The second kappa shape index (κ2) is 5.02. The Morgan fingerprint density at radius 2 is 1.23 bits per heavy atom. The van der Waals surface area contributed by atoms with Gasteiger partial charge in [0.05, 0.1) is 21.5 Å². The Morgan fingerprint density at radius 1 is 0.808 bits per heavy atom. The Kier molecular flexibility index (Phi) is 3.27. The fraction of sp³-hybridized carbons (Fsp3) is 0.500. The Labute approximate surface area is 149 Å². The van der Waals surface area contributed by atoms with E-state index < -0.39 is 11.1 Å². The molecule has 6 nitrogen and oxygen atoms in total. The molecular weight excluding hydrogens is 332 g/mol. The normalized spacial score (nSPS) is 20.2. The molecule has 2 aromatic heterocycles. The summed E-state index contributed by atoms with van der Waals surface area (Å²) in [6, 6.07) is 2.61. The summed E-state index contributed by atoms with van der Waals surface area (Å²) in [5.74, 6) is 0. The van der Waals surface area contributed by atoms with Gasteiger partial charge in [-0.2, -0.15) is 0 Å². The summed E-state index contributed by atoms with van der Waals surface area (Å²) in [7, 11) is 0. The van der Waals surface area contributed by atoms with Crippen LogP contribution in [0.25, 0.3) is 21.5 Å². The van der Waals surface area contributed by atoms with Crippen LogP contribution in [0, 0.1) is 10.8 Å². The van der Waals surface area contributed by atoms with E-state index in [-0.39, 0.29) is 49.5 Å². The lowest BCUT2D eigenvalue weighted by molar-refractivity contribution is 0.0704. The number of hydrogen-bond donors (Lipinski definition) is 1. The zero-order valence-corrected chi connectivity index (χ0v) is 15.4. The molecule has 0 aliphatic heterocycles. The number of H-pyrrole nitrogens is 1. The Hall–Kier alpha value is -2.50. The molecule has 0 unspecified atom stereocenters. The van der Waals surface area contributed by atoms with Crippen LogP contribution in [0.5, 0.6) is 0 Å². The quantitative estimate of drug-likeness (QED) is 0.726. The highest BCUT2D eigenvalue weighted by atomic mass is 16.2. The maximum absolute atomic E-state index is 13.0. The number of rotatable bonds is 1. The SMILES string of the molecule is CC1(C)CC(n2c(=O)c3cc4c(=O)[nH]c(=O)c4cc3c2=O)CC(C)(C)C1. The zero-order valence-electron chi connectivity index (χ0n) is 15.4. The fourth-order valence-electron chi connectivity index (χ4n) is 5.22. The molecule has 1 N–H and O–H groups in total. The largest absolute Gasteiger partial charge is 0.288 e. The molecule has 0 spiro atoms. The Balaban J connectivity index is 2.00. The molecule has 2 heterocycles. The Bertz CT molecular complexity index is 1160. The first kappa shape index (κ1) is 16.9. The van der Waals surface area contributed by atoms with Crippen molar-refractivity contribution < 1.29 is 0 Å². The van der Waals surface area contributed by atoms with E-state index in [9.17, 15) is 19.2 Å². The van der Waals surface area contributed by atoms with E-state index in [1.165, 1.54) is 16.7 Å². The maximum Gasteiger partial charge on any atom is 0.261 e. The van der Waals surface area contributed by atoms with Crippen LogP contribution in [-0.2, 0) is 0 Å². The van der Waals surface area contributed by atoms with Gasteiger partial charge in [-0.15, -0.1) is 0 Å². The molecule has 0 amide bonds. The van der Waals surface area contributed by atoms with Crippen LogP contribution in [0.3, 0.4) is 0 Å². The third-order valence-electron chi connectivity index (χ3n) is 5.67. The predicted molar refractivity (Wildman–Crippen MR) is 102 cm³/mol. The molecule has 6 heteroatoms. The summed E-state index contributed by atoms with van der Waals surface area (Å²) in [4.78, 5) is 52.0. The van der Waals surface area contributed by atoms with Gasteiger partial charge in [0.1, 0.15) is 0 Å². The van der Waals surface area contributed by atoms with Crippen molar-refractivity contribution in [1.82, 2.24) is 9.55 Å². The van der Waals surface area contributed by atoms with Crippen molar-refractivity contribution in [3.05, 3.63) is 53.5 Å². The smallest absolute Gasteiger partial charge is 0.261 e. The van der Waals surface area contributed by atoms with E-state index in [0.717, 1.165) is 19.3 Å². The second-order valence-electron chi connectivity index (χ2n) is 9.27. The van der Waals surface area contributed by atoms with Gasteiger partial charge in [-0.05, 0) is 42.2 Å². The zero-order chi connectivity index (χ0) is 19.0. The van der Waals surface area contributed by atoms with Gasteiger partial charge in [0, 0.05) is 6.04 Å². The van der Waals surface area contributed by atoms with Crippen LogP contribution in [0.15, 0.2) is 31.3 Å². The first-order valence-electron chi connectivity index (χ1n) is 8.91. The Morgan fingerprint density at radius 3 is 1.65 bits per heavy atom. The van der Waals surface area contributed by atoms with E-state index in [2.05, 4.69) is 32.7 Å². The molecule has 1 aromatic carbocycles. The van der Waals surface area contributed by atoms with E-state index in [1.807, 2.05) is 0 Å². The summed E-state index contributed by atoms with van der Waals surface area (Å²) in [5.41, 5.74) is -1.71. The maximum atomic E-state index is 13.0. The van der Waals surface area contributed by atoms with E-state index in [4.69, 9.17) is 0 Å². The van der Waals surface area contributed by atoms with Crippen molar-refractivity contribution in [2.75, 3.05) is 0 Å². The third kappa shape index (κ3) is 2.39. The number of fused-ring (bicyclic) bond motifs is 2. The molecule has 1 aliphatic rings. The number of nitrogens with one attached hydrogen (secondary N) is 1. The molecule has 3 aromatic rings. The summed E-state index contributed by atoms with van der Waals surface area (Å²) in [6.07, 6.45) is 2.53. The van der Waals surface area contributed by atoms with Crippen molar-refractivity contribution >= 4 is 21.5 Å². The highest BCUT2D eigenvalue weighted by Gasteiger charge is 2.40. The number of hydrogen-bond acceptors (Lipinski definition) is 4. The van der Waals surface area contributed by atoms with E-state index in [0.29, 0.717) is 0 Å². The van der Waals surface area contributed by atoms with Crippen LogP contribution in [-0.4, -0.2) is 9.55 Å². The molecule has 0 saturated heterocycles. The highest BCUT2D eigenvalue weighted by molar-refractivity contribution is 5.97. The minimum atomic E-state index is -0.522. The number of aromatic nitrogens is 2. The van der Waals surface area contributed by atoms with Crippen LogP contribution in [0.2, 0.25) is 0 Å². The predicted octanol–water partition coefficient (Wildman–Crippen LogP) is 2.22. The van der Waals surface area contributed by atoms with Crippen LogP contribution >= 0.6 is 0 Å². The monoisotopic (exact) mass is 354 g/mol. The lowest BCUT2D eigenvalue weighted by atomic mass is 9.63. The summed E-state index contributed by atoms with van der Waals surface area (Å²) < 4.78 is 1.35. The molecule has 136 valence electrons. The summed E-state index contributed by atoms with van der Waals surface area (Å²) in [5, 5.41) is 0.779. The second-order valence-corrected chi connectivity index (χ2v) is 9.27. The molecule has 0 radical (unpaired) electrons. The van der Waals surface area contributed by atoms with Gasteiger partial charge in [-0.25, -0.2) is 0 Å². The van der Waals surface area contributed by atoms with Gasteiger partial charge in [0.25, 0.3) is 22.2 Å². The number of aromatic amines is 1. The van der Waals surface area contributed by atoms with Crippen molar-refractivity contribution in [2.45, 2.75) is 53.0 Å². The molecule has 1 aliphatic carbocycles. The molecule has 4 rings (SSSR count). The minimum Gasteiger partial charge on any atom is -0.288 e. The number of benzene rings is 1. The first-order chi connectivity index (χ1) is 12.0. The lowest BCUT2D eigenvalue weighted by Gasteiger charge is -2.45. The standard InChI is InChI=1S/C20H22N2O4/c1-19(2)7-10(8-20(3,4)9-19)22-17(25)13-5-11-12(6-14(13)18(22)26)16(24)21-15(11)23/h5-6,10H,7-9H2,1-4H3,(H,21,23,24). The van der Waals surface area contributed by atoms with Crippen molar-refractivity contribution in [3.8, 4) is 0 Å². The van der Waals surface area contributed by atoms with Gasteiger partial charge in [0.15, 0.2) is 0 Å². The molecule has 1 fully saturated rings. The molecule has 26 heavy (non-hydrogen) atoms. The third-order valence-corrected chi connectivity index (χ3v) is 5.67.